The van der Waals surface area contributed by atoms with Gasteiger partial charge in [-0.15, -0.1) is 0 Å². The van der Waals surface area contributed by atoms with Crippen molar-refractivity contribution >= 4 is 23.4 Å². The largest absolute Gasteiger partial charge is 0.390 e. The molecular weight excluding hydrogens is 254 g/mol. The van der Waals surface area contributed by atoms with Crippen LogP contribution in [0.3, 0.4) is 0 Å². The van der Waals surface area contributed by atoms with Crippen LogP contribution in [0.15, 0.2) is 11.1 Å². The number of nitrogens with one attached hydrogen (secondary N) is 1. The molecule has 2 aromatic rings. The van der Waals surface area contributed by atoms with E-state index in [9.17, 15) is 14.7 Å². The van der Waals surface area contributed by atoms with E-state index in [0.717, 1.165) is 0 Å². The van der Waals surface area contributed by atoms with Crippen LogP contribution in [0.25, 0.3) is 11.2 Å². The number of hydrogen-bond acceptors (Lipinski definition) is 7. The summed E-state index contributed by atoms with van der Waals surface area (Å²) in [6.45, 7) is 0. The van der Waals surface area contributed by atoms with E-state index in [-0.39, 0.29) is 23.5 Å². The quantitative estimate of drug-likeness (QED) is 0.565. The smallest absolute Gasteiger partial charge is 0.280 e. The van der Waals surface area contributed by atoms with Crippen LogP contribution in [0.4, 0.5) is 5.95 Å². The normalized spacial score (nSPS) is 26.9. The third kappa shape index (κ3) is 1.79. The van der Waals surface area contributed by atoms with Gasteiger partial charge in [-0.25, -0.2) is 4.98 Å². The molecule has 3 atom stereocenters. The van der Waals surface area contributed by atoms with E-state index in [1.165, 1.54) is 10.9 Å². The van der Waals surface area contributed by atoms with Crippen LogP contribution >= 0.6 is 0 Å². The van der Waals surface area contributed by atoms with E-state index >= 15 is 0 Å². The molecule has 9 nitrogen and oxygen atoms in total. The molecule has 19 heavy (non-hydrogen) atoms. The van der Waals surface area contributed by atoms with Crippen molar-refractivity contribution in [3.05, 3.63) is 16.7 Å². The lowest BCUT2D eigenvalue weighted by atomic mass is 10.2. The minimum absolute atomic E-state index is 0.0373. The molecule has 1 aliphatic rings. The van der Waals surface area contributed by atoms with Crippen LogP contribution in [-0.2, 0) is 9.53 Å². The third-order valence-corrected chi connectivity index (χ3v) is 3.03. The second-order valence-electron chi connectivity index (χ2n) is 4.27. The van der Waals surface area contributed by atoms with Crippen LogP contribution < -0.4 is 11.3 Å². The third-order valence-electron chi connectivity index (χ3n) is 3.03. The number of fused-ring (bicyclic) bond motifs is 1. The molecule has 0 spiro atoms. The molecule has 1 saturated heterocycles. The second-order valence-corrected chi connectivity index (χ2v) is 4.27. The molecule has 4 N–H and O–H groups in total. The maximum Gasteiger partial charge on any atom is 0.280 e. The number of ether oxygens (including phenoxy) is 1. The van der Waals surface area contributed by atoms with Crippen molar-refractivity contribution in [1.82, 2.24) is 19.5 Å². The first-order valence-electron chi connectivity index (χ1n) is 5.61. The average Bonchev–Trinajstić information content (AvgIpc) is 2.92. The van der Waals surface area contributed by atoms with E-state index < -0.39 is 24.0 Å². The molecule has 9 heteroatoms. The zero-order valence-corrected chi connectivity index (χ0v) is 9.68. The summed E-state index contributed by atoms with van der Waals surface area (Å²) >= 11 is 0. The van der Waals surface area contributed by atoms with Gasteiger partial charge in [0.1, 0.15) is 12.3 Å². The minimum atomic E-state index is -0.890. The van der Waals surface area contributed by atoms with Crippen molar-refractivity contribution in [3.63, 3.8) is 0 Å². The van der Waals surface area contributed by atoms with E-state index in [1.54, 1.807) is 0 Å². The molecule has 100 valence electrons. The van der Waals surface area contributed by atoms with Gasteiger partial charge in [-0.1, -0.05) is 0 Å². The van der Waals surface area contributed by atoms with Crippen molar-refractivity contribution < 1.29 is 14.6 Å². The van der Waals surface area contributed by atoms with E-state index in [4.69, 9.17) is 10.5 Å². The topological polar surface area (TPSA) is 136 Å². The van der Waals surface area contributed by atoms with Gasteiger partial charge in [0.2, 0.25) is 5.95 Å². The van der Waals surface area contributed by atoms with Gasteiger partial charge in [-0.2, -0.15) is 4.98 Å². The number of imidazole rings is 1. The van der Waals surface area contributed by atoms with Gasteiger partial charge in [0, 0.05) is 6.42 Å². The first-order valence-corrected chi connectivity index (χ1v) is 5.61. The summed E-state index contributed by atoms with van der Waals surface area (Å²) in [5.74, 6) is -0.0373. The number of aliphatic hydroxyl groups is 1. The Morgan fingerprint density at radius 1 is 1.63 bits per heavy atom. The predicted molar refractivity (Wildman–Crippen MR) is 63.2 cm³/mol. The molecule has 0 amide bonds. The molecule has 0 radical (unpaired) electrons. The van der Waals surface area contributed by atoms with Crippen LogP contribution in [0.1, 0.15) is 12.6 Å². The highest BCUT2D eigenvalue weighted by Gasteiger charge is 2.35. The average molecular weight is 265 g/mol. The number of hydrogen-bond donors (Lipinski definition) is 3. The van der Waals surface area contributed by atoms with E-state index in [2.05, 4.69) is 15.0 Å². The number of H-pyrrole nitrogens is 1. The van der Waals surface area contributed by atoms with Crippen LogP contribution in [0.2, 0.25) is 0 Å². The summed E-state index contributed by atoms with van der Waals surface area (Å²) in [5.41, 5.74) is 5.41. The number of carbonyl (C=O) groups is 1. The molecule has 0 aromatic carbocycles. The zero-order chi connectivity index (χ0) is 13.6. The lowest BCUT2D eigenvalue weighted by Gasteiger charge is -2.11. The van der Waals surface area contributed by atoms with Gasteiger partial charge < -0.3 is 20.4 Å². The number of nitrogens with zero attached hydrogens (tertiary/aromatic N) is 3. The Hall–Kier alpha value is -2.26. The molecule has 3 unspecified atom stereocenters. The van der Waals surface area contributed by atoms with Crippen molar-refractivity contribution in [2.24, 2.45) is 0 Å². The zero-order valence-electron chi connectivity index (χ0n) is 9.68. The maximum atomic E-state index is 11.6. The summed E-state index contributed by atoms with van der Waals surface area (Å²) in [7, 11) is 0. The fourth-order valence-corrected chi connectivity index (χ4v) is 2.12. The summed E-state index contributed by atoms with van der Waals surface area (Å²) in [4.78, 5) is 32.6. The monoisotopic (exact) mass is 265 g/mol. The molecule has 0 aliphatic carbocycles. The van der Waals surface area contributed by atoms with E-state index in [1.807, 2.05) is 0 Å². The lowest BCUT2D eigenvalue weighted by Crippen LogP contribution is -2.21. The first kappa shape index (κ1) is 11.8. The number of aliphatic hydroxyl groups excluding tert-OH is 1. The molecule has 3 rings (SSSR count). The van der Waals surface area contributed by atoms with Gasteiger partial charge in [0.05, 0.1) is 12.4 Å². The highest BCUT2D eigenvalue weighted by molar-refractivity contribution is 5.70. The Balaban J connectivity index is 2.07. The first-order chi connectivity index (χ1) is 9.10. The van der Waals surface area contributed by atoms with Crippen LogP contribution in [0.5, 0.6) is 0 Å². The standard InChI is InChI=1S/C10H11N5O4/c11-10-13-8-7(9(18)14-10)12-3-15(8)6-1-4(17)5(2-16)19-6/h2-6,17H,1H2,(H3,11,13,14,18). The summed E-state index contributed by atoms with van der Waals surface area (Å²) in [5, 5.41) is 9.64. The van der Waals surface area contributed by atoms with Crippen LogP contribution in [0, 0.1) is 0 Å². The SMILES string of the molecule is Nc1nc2c(ncn2C2CC(O)C(C=O)O2)c(=O)[nH]1. The van der Waals surface area contributed by atoms with Gasteiger partial charge >= 0.3 is 0 Å². The fourth-order valence-electron chi connectivity index (χ4n) is 2.12. The Kier molecular flexibility index (Phi) is 2.57. The Bertz CT molecular complexity index is 693. The molecule has 2 aromatic heterocycles. The van der Waals surface area contributed by atoms with Gasteiger partial charge in [-0.3, -0.25) is 14.3 Å². The highest BCUT2D eigenvalue weighted by atomic mass is 16.5. The number of nitrogens with two attached hydrogens (primary N) is 1. The number of aromatic nitrogens is 4. The van der Waals surface area contributed by atoms with Crippen LogP contribution in [-0.4, -0.2) is 43.1 Å². The van der Waals surface area contributed by atoms with Crippen molar-refractivity contribution in [3.8, 4) is 0 Å². The number of anilines is 1. The second kappa shape index (κ2) is 4.14. The molecule has 0 bridgehead atoms. The maximum absolute atomic E-state index is 11.6. The van der Waals surface area contributed by atoms with Crippen molar-refractivity contribution in [2.45, 2.75) is 24.9 Å². The lowest BCUT2D eigenvalue weighted by molar-refractivity contribution is -0.122. The minimum Gasteiger partial charge on any atom is -0.390 e. The van der Waals surface area contributed by atoms with E-state index in [0.29, 0.717) is 6.29 Å². The molecule has 0 saturated carbocycles. The van der Waals surface area contributed by atoms with Gasteiger partial charge in [0.25, 0.3) is 5.56 Å². The predicted octanol–water partition coefficient (Wildman–Crippen LogP) is -1.45. The highest BCUT2D eigenvalue weighted by Crippen LogP contribution is 2.29. The molecule has 1 fully saturated rings. The molecule has 1 aliphatic heterocycles. The van der Waals surface area contributed by atoms with Gasteiger partial charge in [-0.05, 0) is 0 Å². The van der Waals surface area contributed by atoms with Crippen molar-refractivity contribution in [2.75, 3.05) is 5.73 Å². The number of aromatic amines is 1. The summed E-state index contributed by atoms with van der Waals surface area (Å²) in [6.07, 6.45) is -0.261. The fraction of sp³-hybridized carbons (Fsp3) is 0.400. The molecular formula is C10H11N5O4. The number of nitrogen functional groups attached to an aromatic ring is 1. The Labute approximate surface area is 106 Å². The summed E-state index contributed by atoms with van der Waals surface area (Å²) in [6, 6.07) is 0. The number of carbonyl (C=O) groups excluding carboxylic acids is 1. The number of rotatable bonds is 2. The summed E-state index contributed by atoms with van der Waals surface area (Å²) < 4.78 is 6.85. The molecule has 3 heterocycles. The van der Waals surface area contributed by atoms with Gasteiger partial charge in [0.15, 0.2) is 17.5 Å². The van der Waals surface area contributed by atoms with Crippen molar-refractivity contribution in [1.29, 1.82) is 0 Å². The number of aldehydes is 1. The Morgan fingerprint density at radius 2 is 2.42 bits per heavy atom. The Morgan fingerprint density at radius 3 is 3.11 bits per heavy atom.